The second-order valence-corrected chi connectivity index (χ2v) is 6.47. The van der Waals surface area contributed by atoms with Crippen molar-refractivity contribution in [2.75, 3.05) is 39.9 Å². The number of likely N-dealkylation sites (N-methyl/N-ethyl adjacent to an activating group) is 1. The highest BCUT2D eigenvalue weighted by Gasteiger charge is 2.19. The Kier molecular flexibility index (Phi) is 6.48. The number of morpholine rings is 1. The van der Waals surface area contributed by atoms with Crippen LogP contribution in [0.15, 0.2) is 16.6 Å². The molecule has 1 saturated heterocycles. The second kappa shape index (κ2) is 8.13. The summed E-state index contributed by atoms with van der Waals surface area (Å²) in [6, 6.07) is 4.22. The van der Waals surface area contributed by atoms with Crippen molar-refractivity contribution in [1.29, 1.82) is 0 Å². The van der Waals surface area contributed by atoms with Gasteiger partial charge in [-0.25, -0.2) is 0 Å². The molecule has 0 spiro atoms. The average Bonchev–Trinajstić information content (AvgIpc) is 2.44. The van der Waals surface area contributed by atoms with Gasteiger partial charge in [-0.15, -0.1) is 0 Å². The Balaban J connectivity index is 2.03. The molecular formula is C16H25BrN2O2. The minimum atomic E-state index is 0.152. The van der Waals surface area contributed by atoms with Crippen molar-refractivity contribution in [3.05, 3.63) is 27.7 Å². The number of nitrogens with one attached hydrogen (secondary N) is 1. The molecular weight excluding hydrogens is 332 g/mol. The lowest BCUT2D eigenvalue weighted by Gasteiger charge is -2.30. The molecule has 1 aromatic carbocycles. The van der Waals surface area contributed by atoms with Gasteiger partial charge in [0.15, 0.2) is 0 Å². The molecule has 0 radical (unpaired) electrons. The molecule has 1 fully saturated rings. The fourth-order valence-corrected chi connectivity index (χ4v) is 3.16. The van der Waals surface area contributed by atoms with E-state index >= 15 is 0 Å². The van der Waals surface area contributed by atoms with Crippen molar-refractivity contribution in [3.8, 4) is 5.75 Å². The van der Waals surface area contributed by atoms with Gasteiger partial charge in [0.2, 0.25) is 0 Å². The van der Waals surface area contributed by atoms with E-state index in [-0.39, 0.29) is 6.10 Å². The first-order valence-electron chi connectivity index (χ1n) is 7.52. The number of hydrogen-bond donors (Lipinski definition) is 1. The molecule has 2 rings (SSSR count). The van der Waals surface area contributed by atoms with Crippen molar-refractivity contribution < 1.29 is 9.47 Å². The molecule has 0 aliphatic carbocycles. The molecule has 1 atom stereocenters. The fourth-order valence-electron chi connectivity index (χ4n) is 2.54. The monoisotopic (exact) mass is 356 g/mol. The highest BCUT2D eigenvalue weighted by Crippen LogP contribution is 2.28. The zero-order valence-corrected chi connectivity index (χ0v) is 14.7. The van der Waals surface area contributed by atoms with Gasteiger partial charge in [-0.3, -0.25) is 0 Å². The quantitative estimate of drug-likeness (QED) is 0.849. The standard InChI is InChI=1S/C16H25BrN2O2/c1-4-18-9-13-8-14(17)7-12(2)16(13)21-11-15-10-19(3)5-6-20-15/h7-8,15,18H,4-6,9-11H2,1-3H3. The summed E-state index contributed by atoms with van der Waals surface area (Å²) in [5, 5.41) is 3.36. The van der Waals surface area contributed by atoms with E-state index in [2.05, 4.69) is 59.2 Å². The zero-order valence-electron chi connectivity index (χ0n) is 13.1. The van der Waals surface area contributed by atoms with Crippen LogP contribution in [-0.2, 0) is 11.3 Å². The Morgan fingerprint density at radius 2 is 2.29 bits per heavy atom. The SMILES string of the molecule is CCNCc1cc(Br)cc(C)c1OCC1CN(C)CCO1. The summed E-state index contributed by atoms with van der Waals surface area (Å²) in [5.41, 5.74) is 2.34. The highest BCUT2D eigenvalue weighted by molar-refractivity contribution is 9.10. The Morgan fingerprint density at radius 1 is 1.48 bits per heavy atom. The predicted molar refractivity (Wildman–Crippen MR) is 89.0 cm³/mol. The molecule has 1 aliphatic heterocycles. The van der Waals surface area contributed by atoms with E-state index in [1.54, 1.807) is 0 Å². The minimum Gasteiger partial charge on any atom is -0.490 e. The maximum atomic E-state index is 6.10. The van der Waals surface area contributed by atoms with Crippen LogP contribution in [0.2, 0.25) is 0 Å². The number of ether oxygens (including phenoxy) is 2. The van der Waals surface area contributed by atoms with Crippen LogP contribution in [0.25, 0.3) is 0 Å². The van der Waals surface area contributed by atoms with E-state index in [0.29, 0.717) is 6.61 Å². The maximum absolute atomic E-state index is 6.10. The van der Waals surface area contributed by atoms with E-state index in [0.717, 1.165) is 48.6 Å². The van der Waals surface area contributed by atoms with E-state index in [9.17, 15) is 0 Å². The molecule has 5 heteroatoms. The topological polar surface area (TPSA) is 33.7 Å². The number of hydrogen-bond acceptors (Lipinski definition) is 4. The molecule has 0 bridgehead atoms. The minimum absolute atomic E-state index is 0.152. The molecule has 4 nitrogen and oxygen atoms in total. The number of aryl methyl sites for hydroxylation is 1. The van der Waals surface area contributed by atoms with E-state index in [4.69, 9.17) is 9.47 Å². The molecule has 1 N–H and O–H groups in total. The van der Waals surface area contributed by atoms with Crippen LogP contribution in [0, 0.1) is 6.92 Å². The van der Waals surface area contributed by atoms with Crippen molar-refractivity contribution in [2.24, 2.45) is 0 Å². The lowest BCUT2D eigenvalue weighted by Crippen LogP contribution is -2.42. The lowest BCUT2D eigenvalue weighted by molar-refractivity contribution is -0.0405. The predicted octanol–water partition coefficient (Wildman–Crippen LogP) is 2.58. The first-order chi connectivity index (χ1) is 10.1. The normalized spacial score (nSPS) is 19.7. The molecule has 0 saturated carbocycles. The van der Waals surface area contributed by atoms with Crippen molar-refractivity contribution >= 4 is 15.9 Å². The summed E-state index contributed by atoms with van der Waals surface area (Å²) >= 11 is 3.56. The van der Waals surface area contributed by atoms with Crippen molar-refractivity contribution in [2.45, 2.75) is 26.5 Å². The van der Waals surface area contributed by atoms with Crippen LogP contribution in [0.5, 0.6) is 5.75 Å². The van der Waals surface area contributed by atoms with Crippen LogP contribution in [0.3, 0.4) is 0 Å². The molecule has 1 aromatic rings. The molecule has 1 heterocycles. The lowest BCUT2D eigenvalue weighted by atomic mass is 10.1. The third-order valence-corrected chi connectivity index (χ3v) is 4.10. The largest absolute Gasteiger partial charge is 0.490 e. The van der Waals surface area contributed by atoms with Gasteiger partial charge in [0.25, 0.3) is 0 Å². The summed E-state index contributed by atoms with van der Waals surface area (Å²) in [5.74, 6) is 0.982. The number of rotatable bonds is 6. The summed E-state index contributed by atoms with van der Waals surface area (Å²) in [6.45, 7) is 9.27. The Bertz CT molecular complexity index is 468. The number of benzene rings is 1. The third-order valence-electron chi connectivity index (χ3n) is 3.64. The first-order valence-corrected chi connectivity index (χ1v) is 8.32. The Morgan fingerprint density at radius 3 is 3.00 bits per heavy atom. The van der Waals surface area contributed by atoms with E-state index in [1.807, 2.05) is 0 Å². The number of halogens is 1. The Labute approximate surface area is 135 Å². The molecule has 1 unspecified atom stereocenters. The smallest absolute Gasteiger partial charge is 0.126 e. The molecule has 0 amide bonds. The molecule has 21 heavy (non-hydrogen) atoms. The van der Waals surface area contributed by atoms with Gasteiger partial charge >= 0.3 is 0 Å². The van der Waals surface area contributed by atoms with Gasteiger partial charge in [0, 0.05) is 29.7 Å². The van der Waals surface area contributed by atoms with Gasteiger partial charge in [0.05, 0.1) is 6.61 Å². The molecule has 118 valence electrons. The van der Waals surface area contributed by atoms with Crippen LogP contribution in [-0.4, -0.2) is 50.9 Å². The fraction of sp³-hybridized carbons (Fsp3) is 0.625. The summed E-state index contributed by atoms with van der Waals surface area (Å²) in [7, 11) is 2.12. The first kappa shape index (κ1) is 16.7. The van der Waals surface area contributed by atoms with Crippen LogP contribution in [0.4, 0.5) is 0 Å². The van der Waals surface area contributed by atoms with Gasteiger partial charge in [-0.1, -0.05) is 22.9 Å². The Hall–Kier alpha value is -0.620. The van der Waals surface area contributed by atoms with Gasteiger partial charge in [0.1, 0.15) is 18.5 Å². The average molecular weight is 357 g/mol. The highest BCUT2D eigenvalue weighted by atomic mass is 79.9. The molecule has 1 aliphatic rings. The maximum Gasteiger partial charge on any atom is 0.126 e. The third kappa shape index (κ3) is 4.95. The summed E-state index contributed by atoms with van der Waals surface area (Å²) in [6.07, 6.45) is 0.152. The van der Waals surface area contributed by atoms with Crippen molar-refractivity contribution in [1.82, 2.24) is 10.2 Å². The van der Waals surface area contributed by atoms with Crippen LogP contribution < -0.4 is 10.1 Å². The van der Waals surface area contributed by atoms with Gasteiger partial charge < -0.3 is 19.7 Å². The van der Waals surface area contributed by atoms with Crippen LogP contribution in [0.1, 0.15) is 18.1 Å². The van der Waals surface area contributed by atoms with Crippen LogP contribution >= 0.6 is 15.9 Å². The van der Waals surface area contributed by atoms with Gasteiger partial charge in [-0.05, 0) is 38.2 Å². The second-order valence-electron chi connectivity index (χ2n) is 5.56. The summed E-state index contributed by atoms with van der Waals surface area (Å²) in [4.78, 5) is 2.28. The summed E-state index contributed by atoms with van der Waals surface area (Å²) < 4.78 is 13.0. The molecule has 0 aromatic heterocycles. The van der Waals surface area contributed by atoms with Crippen molar-refractivity contribution in [3.63, 3.8) is 0 Å². The van der Waals surface area contributed by atoms with Gasteiger partial charge in [-0.2, -0.15) is 0 Å². The zero-order chi connectivity index (χ0) is 15.2. The number of nitrogens with zero attached hydrogens (tertiary/aromatic N) is 1. The van der Waals surface area contributed by atoms with E-state index in [1.165, 1.54) is 5.56 Å². The van der Waals surface area contributed by atoms with E-state index < -0.39 is 0 Å².